The third kappa shape index (κ3) is 3.33. The molecule has 0 amide bonds. The van der Waals surface area contributed by atoms with Gasteiger partial charge in [-0.05, 0) is 37.8 Å². The highest BCUT2D eigenvalue weighted by Crippen LogP contribution is 2.19. The van der Waals surface area contributed by atoms with Gasteiger partial charge < -0.3 is 5.32 Å². The van der Waals surface area contributed by atoms with Gasteiger partial charge in [-0.3, -0.25) is 4.90 Å². The number of nitrogens with zero attached hydrogens (tertiary/aromatic N) is 1. The van der Waals surface area contributed by atoms with E-state index in [1.807, 2.05) is 0 Å². The van der Waals surface area contributed by atoms with Crippen LogP contribution in [-0.2, 0) is 13.0 Å². The Bertz CT molecular complexity index is 375. The average Bonchev–Trinajstić information content (AvgIpc) is 2.43. The van der Waals surface area contributed by atoms with Gasteiger partial charge in [0.1, 0.15) is 0 Å². The molecule has 2 heteroatoms. The van der Waals surface area contributed by atoms with Crippen LogP contribution >= 0.6 is 0 Å². The largest absolute Gasteiger partial charge is 0.313 e. The maximum absolute atomic E-state index is 3.61. The van der Waals surface area contributed by atoms with Crippen LogP contribution in [0.4, 0.5) is 0 Å². The molecule has 1 aromatic rings. The monoisotopic (exact) mass is 246 g/mol. The molecule has 0 aliphatic carbocycles. The van der Waals surface area contributed by atoms with E-state index in [-0.39, 0.29) is 0 Å². The van der Waals surface area contributed by atoms with Gasteiger partial charge in [-0.2, -0.15) is 0 Å². The molecule has 2 unspecified atom stereocenters. The molecule has 1 aliphatic heterocycles. The van der Waals surface area contributed by atoms with Gasteiger partial charge in [0.2, 0.25) is 0 Å². The lowest BCUT2D eigenvalue weighted by Gasteiger charge is -2.34. The second kappa shape index (κ2) is 6.35. The molecule has 100 valence electrons. The van der Waals surface area contributed by atoms with E-state index in [4.69, 9.17) is 0 Å². The highest BCUT2D eigenvalue weighted by atomic mass is 15.2. The lowest BCUT2D eigenvalue weighted by Crippen LogP contribution is -2.44. The van der Waals surface area contributed by atoms with E-state index in [1.165, 1.54) is 30.5 Å². The SMILES string of the molecule is CCC(C)NCC(C)N1CCc2ccccc2C1. The van der Waals surface area contributed by atoms with Gasteiger partial charge >= 0.3 is 0 Å². The Morgan fingerprint density at radius 3 is 2.67 bits per heavy atom. The van der Waals surface area contributed by atoms with Crippen molar-refractivity contribution in [1.82, 2.24) is 10.2 Å². The van der Waals surface area contributed by atoms with E-state index in [1.54, 1.807) is 0 Å². The normalized spacial score (nSPS) is 19.3. The first kappa shape index (κ1) is 13.6. The smallest absolute Gasteiger partial charge is 0.0239 e. The Morgan fingerprint density at radius 1 is 1.22 bits per heavy atom. The maximum atomic E-state index is 3.61. The Hall–Kier alpha value is -0.860. The predicted octanol–water partition coefficient (Wildman–Crippen LogP) is 2.82. The molecule has 2 nitrogen and oxygen atoms in total. The van der Waals surface area contributed by atoms with Gasteiger partial charge in [0.05, 0.1) is 0 Å². The summed E-state index contributed by atoms with van der Waals surface area (Å²) in [4.78, 5) is 2.59. The standard InChI is InChI=1S/C16H26N2/c1-4-13(2)17-11-14(3)18-10-9-15-7-5-6-8-16(15)12-18/h5-8,13-14,17H,4,9-12H2,1-3H3. The molecule has 18 heavy (non-hydrogen) atoms. The number of hydrogen-bond donors (Lipinski definition) is 1. The zero-order chi connectivity index (χ0) is 13.0. The van der Waals surface area contributed by atoms with E-state index in [0.29, 0.717) is 12.1 Å². The molecule has 1 heterocycles. The quantitative estimate of drug-likeness (QED) is 0.859. The first-order chi connectivity index (χ1) is 8.70. The molecule has 1 aromatic carbocycles. The van der Waals surface area contributed by atoms with E-state index < -0.39 is 0 Å². The molecule has 2 rings (SSSR count). The number of fused-ring (bicyclic) bond motifs is 1. The summed E-state index contributed by atoms with van der Waals surface area (Å²) in [5, 5.41) is 3.61. The molecule has 0 radical (unpaired) electrons. The highest BCUT2D eigenvalue weighted by Gasteiger charge is 2.20. The van der Waals surface area contributed by atoms with Crippen LogP contribution in [0.15, 0.2) is 24.3 Å². The number of nitrogens with one attached hydrogen (secondary N) is 1. The summed E-state index contributed by atoms with van der Waals surface area (Å²) >= 11 is 0. The van der Waals surface area contributed by atoms with Crippen molar-refractivity contribution in [3.8, 4) is 0 Å². The highest BCUT2D eigenvalue weighted by molar-refractivity contribution is 5.29. The minimum atomic E-state index is 0.618. The number of benzene rings is 1. The third-order valence-corrected chi connectivity index (χ3v) is 4.16. The molecular weight excluding hydrogens is 220 g/mol. The Labute approximate surface area is 111 Å². The molecular formula is C16H26N2. The van der Waals surface area contributed by atoms with Crippen LogP contribution in [0.2, 0.25) is 0 Å². The molecule has 0 spiro atoms. The zero-order valence-corrected chi connectivity index (χ0v) is 11.9. The summed E-state index contributed by atoms with van der Waals surface area (Å²) in [7, 11) is 0. The van der Waals surface area contributed by atoms with E-state index >= 15 is 0 Å². The Balaban J connectivity index is 1.88. The fourth-order valence-corrected chi connectivity index (χ4v) is 2.54. The first-order valence-corrected chi connectivity index (χ1v) is 7.25. The Kier molecular flexibility index (Phi) is 4.79. The van der Waals surface area contributed by atoms with Gasteiger partial charge in [0.25, 0.3) is 0 Å². The topological polar surface area (TPSA) is 15.3 Å². The van der Waals surface area contributed by atoms with Crippen molar-refractivity contribution in [3.63, 3.8) is 0 Å². The molecule has 0 saturated heterocycles. The second-order valence-corrected chi connectivity index (χ2v) is 5.56. The van der Waals surface area contributed by atoms with Crippen LogP contribution in [0.1, 0.15) is 38.3 Å². The Morgan fingerprint density at radius 2 is 1.94 bits per heavy atom. The lowest BCUT2D eigenvalue weighted by atomic mass is 9.99. The average molecular weight is 246 g/mol. The lowest BCUT2D eigenvalue weighted by molar-refractivity contribution is 0.184. The number of rotatable bonds is 5. The third-order valence-electron chi connectivity index (χ3n) is 4.16. The minimum Gasteiger partial charge on any atom is -0.313 e. The van der Waals surface area contributed by atoms with Crippen molar-refractivity contribution in [1.29, 1.82) is 0 Å². The summed E-state index contributed by atoms with van der Waals surface area (Å²) in [5.41, 5.74) is 3.05. The van der Waals surface area contributed by atoms with Crippen molar-refractivity contribution >= 4 is 0 Å². The van der Waals surface area contributed by atoms with Crippen molar-refractivity contribution in [2.24, 2.45) is 0 Å². The summed E-state index contributed by atoms with van der Waals surface area (Å²) in [5.74, 6) is 0. The minimum absolute atomic E-state index is 0.618. The maximum Gasteiger partial charge on any atom is 0.0239 e. The van der Waals surface area contributed by atoms with Gasteiger partial charge in [0, 0.05) is 31.7 Å². The summed E-state index contributed by atoms with van der Waals surface area (Å²) in [6.45, 7) is 10.2. The number of hydrogen-bond acceptors (Lipinski definition) is 2. The van der Waals surface area contributed by atoms with Crippen molar-refractivity contribution < 1.29 is 0 Å². The molecule has 2 atom stereocenters. The van der Waals surface area contributed by atoms with Crippen LogP contribution in [-0.4, -0.2) is 30.1 Å². The van der Waals surface area contributed by atoms with Crippen LogP contribution < -0.4 is 5.32 Å². The van der Waals surface area contributed by atoms with Crippen molar-refractivity contribution in [2.75, 3.05) is 13.1 Å². The predicted molar refractivity (Wildman–Crippen MR) is 77.8 cm³/mol. The van der Waals surface area contributed by atoms with E-state index in [0.717, 1.165) is 13.1 Å². The van der Waals surface area contributed by atoms with Gasteiger partial charge in [0.15, 0.2) is 0 Å². The van der Waals surface area contributed by atoms with Crippen LogP contribution in [0.25, 0.3) is 0 Å². The second-order valence-electron chi connectivity index (χ2n) is 5.56. The molecule has 0 aromatic heterocycles. The van der Waals surface area contributed by atoms with E-state index in [9.17, 15) is 0 Å². The molecule has 0 bridgehead atoms. The fraction of sp³-hybridized carbons (Fsp3) is 0.625. The molecule has 0 fully saturated rings. The van der Waals surface area contributed by atoms with Crippen LogP contribution in [0.5, 0.6) is 0 Å². The molecule has 0 saturated carbocycles. The fourth-order valence-electron chi connectivity index (χ4n) is 2.54. The van der Waals surface area contributed by atoms with Crippen LogP contribution in [0, 0.1) is 0 Å². The van der Waals surface area contributed by atoms with Crippen molar-refractivity contribution in [2.45, 2.75) is 52.2 Å². The van der Waals surface area contributed by atoms with Gasteiger partial charge in [-0.1, -0.05) is 31.2 Å². The molecule has 1 aliphatic rings. The van der Waals surface area contributed by atoms with E-state index in [2.05, 4.69) is 55.3 Å². The summed E-state index contributed by atoms with van der Waals surface area (Å²) in [6, 6.07) is 10.1. The first-order valence-electron chi connectivity index (χ1n) is 7.25. The molecule has 1 N–H and O–H groups in total. The summed E-state index contributed by atoms with van der Waals surface area (Å²) in [6.07, 6.45) is 2.40. The summed E-state index contributed by atoms with van der Waals surface area (Å²) < 4.78 is 0. The van der Waals surface area contributed by atoms with Gasteiger partial charge in [-0.25, -0.2) is 0 Å². The van der Waals surface area contributed by atoms with Crippen molar-refractivity contribution in [3.05, 3.63) is 35.4 Å². The zero-order valence-electron chi connectivity index (χ0n) is 11.9. The van der Waals surface area contributed by atoms with Gasteiger partial charge in [-0.15, -0.1) is 0 Å². The van der Waals surface area contributed by atoms with Crippen LogP contribution in [0.3, 0.4) is 0 Å².